The van der Waals surface area contributed by atoms with Crippen LogP contribution in [0.15, 0.2) is 43.0 Å². The zero-order valence-corrected chi connectivity index (χ0v) is 15.3. The molecule has 98 valence electrons. The molecule has 0 heterocycles. The molecule has 2 rings (SSSR count). The van der Waals surface area contributed by atoms with Crippen LogP contribution >= 0.6 is 24.8 Å². The van der Waals surface area contributed by atoms with Crippen molar-refractivity contribution in [3.05, 3.63) is 43.0 Å². The van der Waals surface area contributed by atoms with Crippen LogP contribution in [0, 0.1) is 0 Å². The molecule has 0 atom stereocenters. The fraction of sp³-hybridized carbons (Fsp3) is 0.429. The van der Waals surface area contributed by atoms with Gasteiger partial charge in [-0.2, -0.15) is 0 Å². The Morgan fingerprint density at radius 1 is 0.765 bits per heavy atom. The molecule has 17 heavy (non-hydrogen) atoms. The van der Waals surface area contributed by atoms with Crippen molar-refractivity contribution in [2.75, 3.05) is 0 Å². The molecule has 0 aliphatic heterocycles. The first-order chi connectivity index (χ1) is 6.74. The van der Waals surface area contributed by atoms with Crippen molar-refractivity contribution in [2.24, 2.45) is 0 Å². The van der Waals surface area contributed by atoms with E-state index in [0.717, 1.165) is 0 Å². The molecule has 2 aliphatic rings. The van der Waals surface area contributed by atoms with Crippen LogP contribution in [0.4, 0.5) is 0 Å². The van der Waals surface area contributed by atoms with Crippen LogP contribution < -0.4 is 0 Å². The molecule has 0 aromatic rings. The van der Waals surface area contributed by atoms with Gasteiger partial charge in [0.15, 0.2) is 0 Å². The number of allylic oxidation sites excluding steroid dienone is 8. The van der Waals surface area contributed by atoms with Crippen LogP contribution in [0.1, 0.15) is 12.8 Å². The molecule has 3 heteroatoms. The molecule has 0 radical (unpaired) electrons. The van der Waals surface area contributed by atoms with E-state index < -0.39 is 17.3 Å². The van der Waals surface area contributed by atoms with Gasteiger partial charge in [0, 0.05) is 0 Å². The maximum atomic E-state index is 2.57. The Kier molecular flexibility index (Phi) is 4.62. The summed E-state index contributed by atoms with van der Waals surface area (Å²) in [4.78, 5) is 0. The molecule has 0 saturated carbocycles. The van der Waals surface area contributed by atoms with Crippen molar-refractivity contribution >= 4 is 24.8 Å². The molecule has 2 aliphatic carbocycles. The van der Waals surface area contributed by atoms with Gasteiger partial charge < -0.3 is 0 Å². The second kappa shape index (κ2) is 4.51. The van der Waals surface area contributed by atoms with E-state index in [1.807, 2.05) is 0 Å². The Hall–Kier alpha value is 0.423. The van der Waals surface area contributed by atoms with E-state index in [1.54, 1.807) is 6.56 Å². The van der Waals surface area contributed by atoms with Crippen LogP contribution in [0.3, 0.4) is 0 Å². The summed E-state index contributed by atoms with van der Waals surface area (Å²) in [6.45, 7) is 0. The zero-order chi connectivity index (χ0) is 11.2. The average Bonchev–Trinajstić information content (AvgIpc) is 2.77. The number of rotatable bonds is 2. The molecule has 0 nitrogen and oxygen atoms in total. The van der Waals surface area contributed by atoms with Gasteiger partial charge in [-0.15, -0.1) is 24.8 Å². The van der Waals surface area contributed by atoms with E-state index in [4.69, 9.17) is 0 Å². The van der Waals surface area contributed by atoms with E-state index in [9.17, 15) is 0 Å². The van der Waals surface area contributed by atoms with Crippen molar-refractivity contribution in [2.45, 2.75) is 31.4 Å². The molecular weight excluding hydrogens is 330 g/mol. The van der Waals surface area contributed by atoms with Gasteiger partial charge in [0.1, 0.15) is 0 Å². The third-order valence-corrected chi connectivity index (χ3v) is 20.5. The molecule has 0 unspecified atom stereocenters. The summed E-state index contributed by atoms with van der Waals surface area (Å²) in [6, 6.07) is 0. The molecular formula is C14H24Cl2Zr. The predicted molar refractivity (Wildman–Crippen MR) is 81.6 cm³/mol. The third-order valence-electron chi connectivity index (χ3n) is 4.43. The van der Waals surface area contributed by atoms with Crippen molar-refractivity contribution < 1.29 is 17.3 Å². The van der Waals surface area contributed by atoms with E-state index >= 15 is 0 Å². The Morgan fingerprint density at radius 3 is 1.35 bits per heavy atom. The summed E-state index contributed by atoms with van der Waals surface area (Å²) < 4.78 is 13.7. The van der Waals surface area contributed by atoms with Gasteiger partial charge in [-0.25, -0.2) is 0 Å². The van der Waals surface area contributed by atoms with Crippen LogP contribution in [0.25, 0.3) is 0 Å². The van der Waals surface area contributed by atoms with Gasteiger partial charge in [0.25, 0.3) is 0 Å². The van der Waals surface area contributed by atoms with Crippen LogP contribution in [0.2, 0.25) is 18.5 Å². The summed E-state index contributed by atoms with van der Waals surface area (Å²) in [6.07, 6.45) is 16.1. The summed E-state index contributed by atoms with van der Waals surface area (Å²) in [5.74, 6) is 0. The Labute approximate surface area is 116 Å². The fourth-order valence-corrected chi connectivity index (χ4v) is 13.0. The SMILES string of the molecule is Cl.Cl.[CH3][Zr]([CH3])([CH3])([CH3])([C]1=CC=CC1)[C]1=CC=CC1. The molecule has 0 bridgehead atoms. The fourth-order valence-electron chi connectivity index (χ4n) is 2.77. The zero-order valence-electron chi connectivity index (χ0n) is 11.2. The Bertz CT molecular complexity index is 393. The summed E-state index contributed by atoms with van der Waals surface area (Å²) in [5, 5.41) is 0. The molecule has 0 saturated heterocycles. The average molecular weight is 354 g/mol. The molecule has 0 amide bonds. The van der Waals surface area contributed by atoms with Gasteiger partial charge in [-0.05, 0) is 0 Å². The van der Waals surface area contributed by atoms with E-state index in [1.165, 1.54) is 12.8 Å². The second-order valence-corrected chi connectivity index (χ2v) is 36.1. The molecule has 0 spiro atoms. The topological polar surface area (TPSA) is 0 Å². The number of hydrogen-bond acceptors (Lipinski definition) is 0. The van der Waals surface area contributed by atoms with Gasteiger partial charge in [-0.1, -0.05) is 0 Å². The number of halogens is 2. The molecule has 0 aromatic carbocycles. The monoisotopic (exact) mass is 352 g/mol. The first kappa shape index (κ1) is 17.4. The summed E-state index contributed by atoms with van der Waals surface area (Å²) in [5.41, 5.74) is 0. The van der Waals surface area contributed by atoms with Crippen molar-refractivity contribution in [3.63, 3.8) is 0 Å². The minimum absolute atomic E-state index is 0. The van der Waals surface area contributed by atoms with Gasteiger partial charge >= 0.3 is 91.7 Å². The van der Waals surface area contributed by atoms with E-state index in [2.05, 4.69) is 55.0 Å². The predicted octanol–water partition coefficient (Wildman–Crippen LogP) is 5.94. The van der Waals surface area contributed by atoms with Crippen LogP contribution in [-0.4, -0.2) is 0 Å². The van der Waals surface area contributed by atoms with Gasteiger partial charge in [-0.3, -0.25) is 0 Å². The molecule has 0 N–H and O–H groups in total. The molecule has 0 fully saturated rings. The minimum atomic E-state index is -3.24. The number of hydrogen-bond donors (Lipinski definition) is 0. The van der Waals surface area contributed by atoms with E-state index in [-0.39, 0.29) is 24.8 Å². The quantitative estimate of drug-likeness (QED) is 0.576. The normalized spacial score (nSPS) is 21.9. The summed E-state index contributed by atoms with van der Waals surface area (Å²) >= 11 is -3.24. The standard InChI is InChI=1S/2C5H5.4CH3.2ClH.Zr/c2*1-2-4-5-3-1;;;;;;;/h2*1-3H,4H2;4*1H3;2*1H;. The van der Waals surface area contributed by atoms with Crippen molar-refractivity contribution in [1.29, 1.82) is 0 Å². The second-order valence-electron chi connectivity index (χ2n) is 7.77. The van der Waals surface area contributed by atoms with Crippen LogP contribution in [0.5, 0.6) is 0 Å². The molecule has 0 aromatic heterocycles. The third kappa shape index (κ3) is 2.88. The van der Waals surface area contributed by atoms with Gasteiger partial charge in [0.05, 0.1) is 0 Å². The van der Waals surface area contributed by atoms with Crippen molar-refractivity contribution in [1.82, 2.24) is 0 Å². The Morgan fingerprint density at radius 2 is 1.12 bits per heavy atom. The van der Waals surface area contributed by atoms with Crippen LogP contribution in [-0.2, 0) is 17.3 Å². The maximum absolute atomic E-state index is 3.24. The first-order valence-electron chi connectivity index (χ1n) is 5.93. The summed E-state index contributed by atoms with van der Waals surface area (Å²) in [7, 11) is 0. The van der Waals surface area contributed by atoms with Gasteiger partial charge in [0.2, 0.25) is 0 Å². The Balaban J connectivity index is 0.00000128. The van der Waals surface area contributed by atoms with Crippen molar-refractivity contribution in [3.8, 4) is 0 Å². The first-order valence-corrected chi connectivity index (χ1v) is 18.2. The van der Waals surface area contributed by atoms with E-state index in [0.29, 0.717) is 0 Å².